The fourth-order valence-electron chi connectivity index (χ4n) is 5.06. The van der Waals surface area contributed by atoms with Gasteiger partial charge in [-0.15, -0.1) is 0 Å². The molecule has 1 saturated heterocycles. The molecule has 0 unspecified atom stereocenters. The van der Waals surface area contributed by atoms with Crippen LogP contribution in [0.25, 0.3) is 0 Å². The largest absolute Gasteiger partial charge is 0.445 e. The minimum Gasteiger partial charge on any atom is -0.445 e. The normalized spacial score (nSPS) is 16.6. The number of hydrogen-bond acceptors (Lipinski definition) is 7. The summed E-state index contributed by atoms with van der Waals surface area (Å²) >= 11 is 0. The molecule has 12 nitrogen and oxygen atoms in total. The molecule has 12 heteroatoms. The monoisotopic (exact) mass is 623 g/mol. The summed E-state index contributed by atoms with van der Waals surface area (Å²) < 4.78 is 5.26. The van der Waals surface area contributed by atoms with Gasteiger partial charge in [0.15, 0.2) is 6.10 Å². The molecule has 1 aliphatic heterocycles. The summed E-state index contributed by atoms with van der Waals surface area (Å²) in [5.74, 6) is -2.28. The van der Waals surface area contributed by atoms with E-state index in [4.69, 9.17) is 4.74 Å². The van der Waals surface area contributed by atoms with Gasteiger partial charge in [-0.05, 0) is 58.1 Å². The van der Waals surface area contributed by atoms with Crippen molar-refractivity contribution < 1.29 is 33.8 Å². The minimum absolute atomic E-state index is 0.0498. The van der Waals surface area contributed by atoms with Gasteiger partial charge in [0.2, 0.25) is 17.7 Å². The third-order valence-corrected chi connectivity index (χ3v) is 7.18. The summed E-state index contributed by atoms with van der Waals surface area (Å²) in [5, 5.41) is 22.0. The first-order valence-corrected chi connectivity index (χ1v) is 15.3. The summed E-state index contributed by atoms with van der Waals surface area (Å²) in [6, 6.07) is 14.7. The lowest BCUT2D eigenvalue weighted by Gasteiger charge is -2.32. The molecule has 1 heterocycles. The van der Waals surface area contributed by atoms with Gasteiger partial charge in [0.1, 0.15) is 18.7 Å². The smallest absolute Gasteiger partial charge is 0.408 e. The summed E-state index contributed by atoms with van der Waals surface area (Å²) in [6.45, 7) is 7.79. The molecule has 0 radical (unpaired) electrons. The van der Waals surface area contributed by atoms with E-state index in [1.807, 2.05) is 32.9 Å². The molecule has 4 atom stereocenters. The zero-order chi connectivity index (χ0) is 33.0. The molecule has 1 aliphatic rings. The van der Waals surface area contributed by atoms with Crippen LogP contribution < -0.4 is 21.3 Å². The van der Waals surface area contributed by atoms with Crippen LogP contribution in [-0.4, -0.2) is 82.6 Å². The number of hydrogen-bond donors (Lipinski definition) is 5. The Labute approximate surface area is 264 Å². The first-order chi connectivity index (χ1) is 21.4. The van der Waals surface area contributed by atoms with Crippen LogP contribution in [0.5, 0.6) is 0 Å². The van der Waals surface area contributed by atoms with Crippen LogP contribution in [0.1, 0.15) is 58.1 Å². The number of likely N-dealkylation sites (tertiary alicyclic amines) is 1. The number of benzene rings is 2. The maximum absolute atomic E-state index is 13.7. The molecule has 2 aromatic rings. The predicted octanol–water partition coefficient (Wildman–Crippen LogP) is 1.80. The second-order valence-electron chi connectivity index (χ2n) is 12.1. The van der Waals surface area contributed by atoms with Gasteiger partial charge in [-0.2, -0.15) is 0 Å². The molecule has 0 bridgehead atoms. The average Bonchev–Trinajstić information content (AvgIpc) is 3.49. The van der Waals surface area contributed by atoms with E-state index in [0.29, 0.717) is 19.4 Å². The van der Waals surface area contributed by atoms with Gasteiger partial charge in [-0.3, -0.25) is 19.2 Å². The molecular weight excluding hydrogens is 578 g/mol. The Morgan fingerprint density at radius 1 is 0.956 bits per heavy atom. The number of carbonyl (C=O) groups excluding carboxylic acids is 5. The Morgan fingerprint density at radius 2 is 1.58 bits per heavy atom. The molecule has 5 N–H and O–H groups in total. The van der Waals surface area contributed by atoms with Crippen molar-refractivity contribution in [3.8, 4) is 0 Å². The highest BCUT2D eigenvalue weighted by Gasteiger charge is 2.41. The zero-order valence-corrected chi connectivity index (χ0v) is 26.4. The number of carbonyl (C=O) groups is 5. The fraction of sp³-hybridized carbons (Fsp3) is 0.485. The molecule has 1 fully saturated rings. The van der Waals surface area contributed by atoms with Crippen LogP contribution in [0.2, 0.25) is 0 Å². The first kappa shape index (κ1) is 35.0. The van der Waals surface area contributed by atoms with Gasteiger partial charge in [-0.1, -0.05) is 60.7 Å². The lowest BCUT2D eigenvalue weighted by Crippen LogP contribution is -2.59. The Morgan fingerprint density at radius 3 is 2.18 bits per heavy atom. The quantitative estimate of drug-likeness (QED) is 0.227. The number of aliphatic hydroxyl groups excluding tert-OH is 1. The summed E-state index contributed by atoms with van der Waals surface area (Å²) in [7, 11) is 0. The average molecular weight is 624 g/mol. The zero-order valence-electron chi connectivity index (χ0n) is 26.4. The van der Waals surface area contributed by atoms with E-state index in [2.05, 4.69) is 21.3 Å². The topological polar surface area (TPSA) is 166 Å². The van der Waals surface area contributed by atoms with Gasteiger partial charge in [0.05, 0.1) is 12.5 Å². The fourth-order valence-corrected chi connectivity index (χ4v) is 5.06. The Balaban J connectivity index is 1.79. The van der Waals surface area contributed by atoms with E-state index in [1.54, 1.807) is 55.5 Å². The molecule has 5 amide bonds. The number of amides is 5. The van der Waals surface area contributed by atoms with Crippen molar-refractivity contribution in [3.63, 3.8) is 0 Å². The van der Waals surface area contributed by atoms with Crippen molar-refractivity contribution in [2.75, 3.05) is 13.1 Å². The summed E-state index contributed by atoms with van der Waals surface area (Å²) in [4.78, 5) is 66.7. The maximum atomic E-state index is 13.7. The summed E-state index contributed by atoms with van der Waals surface area (Å²) in [6.07, 6.45) is -1.93. The second kappa shape index (κ2) is 16.6. The lowest BCUT2D eigenvalue weighted by molar-refractivity contribution is -0.147. The lowest BCUT2D eigenvalue weighted by atomic mass is 9.99. The van der Waals surface area contributed by atoms with E-state index in [9.17, 15) is 29.1 Å². The number of ether oxygens (including phenoxy) is 1. The van der Waals surface area contributed by atoms with E-state index < -0.39 is 60.0 Å². The van der Waals surface area contributed by atoms with Gasteiger partial charge in [0, 0.05) is 18.6 Å². The van der Waals surface area contributed by atoms with Crippen LogP contribution >= 0.6 is 0 Å². The van der Waals surface area contributed by atoms with Crippen LogP contribution in [0, 0.1) is 0 Å². The van der Waals surface area contributed by atoms with Gasteiger partial charge in [0.25, 0.3) is 5.91 Å². The van der Waals surface area contributed by atoms with Crippen molar-refractivity contribution in [2.24, 2.45) is 0 Å². The van der Waals surface area contributed by atoms with Crippen molar-refractivity contribution >= 4 is 29.7 Å². The van der Waals surface area contributed by atoms with E-state index in [-0.39, 0.29) is 25.5 Å². The molecule has 0 saturated carbocycles. The standard InChI is InChI=1S/C33H45N5O7/c1-5-34-27(39)20-25(36-32(44)45-21-23-15-10-7-11-16-23)29(41)35-24(19-22-13-8-6-9-14-22)28(40)31(43)38-18-12-17-26(38)30(42)37-33(2,3)4/h6-11,13-16,24-26,28,40H,5,12,17-21H2,1-4H3,(H,34,39)(H,35,41)(H,36,44)(H,37,42)/t24-,25-,26-,28-/m0/s1. The molecule has 45 heavy (non-hydrogen) atoms. The van der Waals surface area contributed by atoms with Crippen molar-refractivity contribution in [3.05, 3.63) is 71.8 Å². The molecular formula is C33H45N5O7. The molecule has 0 aromatic heterocycles. The van der Waals surface area contributed by atoms with Crippen LogP contribution in [0.15, 0.2) is 60.7 Å². The van der Waals surface area contributed by atoms with Gasteiger partial charge < -0.3 is 36.0 Å². The molecule has 3 rings (SSSR count). The van der Waals surface area contributed by atoms with E-state index in [1.165, 1.54) is 4.90 Å². The van der Waals surface area contributed by atoms with Crippen LogP contribution in [0.4, 0.5) is 4.79 Å². The third-order valence-electron chi connectivity index (χ3n) is 7.18. The van der Waals surface area contributed by atoms with Gasteiger partial charge in [-0.25, -0.2) is 4.79 Å². The highest BCUT2D eigenvalue weighted by molar-refractivity contribution is 5.93. The summed E-state index contributed by atoms with van der Waals surface area (Å²) in [5.41, 5.74) is 0.956. The van der Waals surface area contributed by atoms with E-state index >= 15 is 0 Å². The SMILES string of the molecule is CCNC(=O)C[C@H](NC(=O)OCc1ccccc1)C(=O)N[C@@H](Cc1ccccc1)[C@H](O)C(=O)N1CCC[C@H]1C(=O)NC(C)(C)C. The molecule has 244 valence electrons. The number of aliphatic hydroxyl groups is 1. The van der Waals surface area contributed by atoms with Gasteiger partial charge >= 0.3 is 6.09 Å². The van der Waals surface area contributed by atoms with Crippen molar-refractivity contribution in [1.29, 1.82) is 0 Å². The van der Waals surface area contributed by atoms with E-state index in [0.717, 1.165) is 11.1 Å². The maximum Gasteiger partial charge on any atom is 0.408 e. The highest BCUT2D eigenvalue weighted by Crippen LogP contribution is 2.21. The Kier molecular flexibility index (Phi) is 12.9. The molecule has 2 aromatic carbocycles. The van der Waals surface area contributed by atoms with Crippen molar-refractivity contribution in [1.82, 2.24) is 26.2 Å². The van der Waals surface area contributed by atoms with Crippen LogP contribution in [-0.2, 0) is 36.9 Å². The number of alkyl carbamates (subject to hydrolysis) is 1. The second-order valence-corrected chi connectivity index (χ2v) is 12.1. The molecule has 0 aliphatic carbocycles. The number of nitrogens with zero attached hydrogens (tertiary/aromatic N) is 1. The van der Waals surface area contributed by atoms with Crippen LogP contribution in [0.3, 0.4) is 0 Å². The molecule has 0 spiro atoms. The number of nitrogens with one attached hydrogen (secondary N) is 4. The Bertz CT molecular complexity index is 1300. The van der Waals surface area contributed by atoms with Crippen molar-refractivity contribution in [2.45, 2.75) is 89.8 Å². The number of rotatable bonds is 13. The predicted molar refractivity (Wildman–Crippen MR) is 168 cm³/mol. The highest BCUT2D eigenvalue weighted by atomic mass is 16.5. The first-order valence-electron chi connectivity index (χ1n) is 15.3. The third kappa shape index (κ3) is 11.2. The minimum atomic E-state index is -1.72. The Hall–Kier alpha value is -4.45.